The summed E-state index contributed by atoms with van der Waals surface area (Å²) in [5.41, 5.74) is 3.24. The highest BCUT2D eigenvalue weighted by atomic mass is 19.4. The van der Waals surface area contributed by atoms with Gasteiger partial charge in [-0.25, -0.2) is 4.39 Å². The van der Waals surface area contributed by atoms with Crippen LogP contribution in [0.25, 0.3) is 0 Å². The van der Waals surface area contributed by atoms with E-state index >= 15 is 0 Å². The molecule has 1 heterocycles. The Morgan fingerprint density at radius 1 is 0.949 bits per heavy atom. The number of amides is 1. The largest absolute Gasteiger partial charge is 0.416 e. The van der Waals surface area contributed by atoms with Crippen LogP contribution in [0.15, 0.2) is 42.5 Å². The van der Waals surface area contributed by atoms with E-state index < -0.39 is 41.5 Å². The van der Waals surface area contributed by atoms with Crippen molar-refractivity contribution in [2.24, 2.45) is 17.6 Å². The van der Waals surface area contributed by atoms with Crippen molar-refractivity contribution in [2.75, 3.05) is 19.6 Å². The van der Waals surface area contributed by atoms with Gasteiger partial charge in [0.15, 0.2) is 0 Å². The van der Waals surface area contributed by atoms with Gasteiger partial charge in [-0.1, -0.05) is 12.1 Å². The number of hydrogen-bond donors (Lipinski definition) is 1. The number of primary amides is 1. The standard InChI is InChI=1S/C28H31F7N2O2/c1-16(20-12-21(27(30,31)32)14-22(13-20)28(33,34)35)39-24-7-4-19(25(24)17-2-5-23(29)6-3-17)15-37-10-8-18(9-11-37)26(36)38/h2-3,5-6,12-14,16,18-19,24-25H,4,7-11,15H2,1H3,(H2,36,38)/t16-,19+,24+,25+/m1/s1. The van der Waals surface area contributed by atoms with Gasteiger partial charge < -0.3 is 15.4 Å². The molecule has 1 saturated heterocycles. The lowest BCUT2D eigenvalue weighted by atomic mass is 9.86. The lowest BCUT2D eigenvalue weighted by Crippen LogP contribution is -2.41. The lowest BCUT2D eigenvalue weighted by Gasteiger charge is -2.35. The Morgan fingerprint density at radius 3 is 2.03 bits per heavy atom. The predicted molar refractivity (Wildman–Crippen MR) is 130 cm³/mol. The van der Waals surface area contributed by atoms with Crippen molar-refractivity contribution in [2.45, 2.75) is 63.1 Å². The zero-order chi connectivity index (χ0) is 28.5. The second-order valence-corrected chi connectivity index (χ2v) is 10.5. The third kappa shape index (κ3) is 7.11. The van der Waals surface area contributed by atoms with Gasteiger partial charge in [-0.2, -0.15) is 26.3 Å². The Kier molecular flexibility index (Phi) is 8.61. The van der Waals surface area contributed by atoms with Crippen molar-refractivity contribution in [1.82, 2.24) is 4.90 Å². The molecule has 4 atom stereocenters. The lowest BCUT2D eigenvalue weighted by molar-refractivity contribution is -0.143. The van der Waals surface area contributed by atoms with Gasteiger partial charge in [-0.15, -0.1) is 0 Å². The Balaban J connectivity index is 1.56. The number of alkyl halides is 6. The molecule has 2 N–H and O–H groups in total. The van der Waals surface area contributed by atoms with Gasteiger partial charge in [0.1, 0.15) is 5.82 Å². The molecule has 39 heavy (non-hydrogen) atoms. The van der Waals surface area contributed by atoms with Gasteiger partial charge >= 0.3 is 12.4 Å². The molecule has 0 spiro atoms. The van der Waals surface area contributed by atoms with Crippen LogP contribution < -0.4 is 5.73 Å². The van der Waals surface area contributed by atoms with Gasteiger partial charge in [0.05, 0.1) is 23.3 Å². The number of ether oxygens (including phenoxy) is 1. The van der Waals surface area contributed by atoms with Crippen molar-refractivity contribution in [3.05, 3.63) is 70.5 Å². The van der Waals surface area contributed by atoms with Gasteiger partial charge in [0.2, 0.25) is 5.91 Å². The van der Waals surface area contributed by atoms with Crippen molar-refractivity contribution in [3.63, 3.8) is 0 Å². The Hall–Kier alpha value is -2.66. The number of rotatable bonds is 7. The van der Waals surface area contributed by atoms with Gasteiger partial charge in [-0.3, -0.25) is 4.79 Å². The summed E-state index contributed by atoms with van der Waals surface area (Å²) in [6, 6.07) is 7.43. The van der Waals surface area contributed by atoms with E-state index in [1.165, 1.54) is 19.1 Å². The highest BCUT2D eigenvalue weighted by Crippen LogP contribution is 2.45. The molecule has 2 aliphatic rings. The van der Waals surface area contributed by atoms with E-state index in [9.17, 15) is 35.5 Å². The predicted octanol–water partition coefficient (Wildman–Crippen LogP) is 6.70. The highest BCUT2D eigenvalue weighted by molar-refractivity contribution is 5.76. The molecule has 1 saturated carbocycles. The summed E-state index contributed by atoms with van der Waals surface area (Å²) >= 11 is 0. The molecule has 2 aromatic rings. The number of likely N-dealkylation sites (tertiary alicyclic amines) is 1. The number of nitrogens with two attached hydrogens (primary N) is 1. The highest BCUT2D eigenvalue weighted by Gasteiger charge is 2.41. The molecular weight excluding hydrogens is 529 g/mol. The van der Waals surface area contributed by atoms with Crippen LogP contribution in [0.1, 0.15) is 66.9 Å². The number of piperidine rings is 1. The molecule has 0 radical (unpaired) electrons. The van der Waals surface area contributed by atoms with E-state index in [0.29, 0.717) is 57.5 Å². The van der Waals surface area contributed by atoms with E-state index in [0.717, 1.165) is 5.56 Å². The quantitative estimate of drug-likeness (QED) is 0.384. The fourth-order valence-electron chi connectivity index (χ4n) is 5.86. The summed E-state index contributed by atoms with van der Waals surface area (Å²) in [4.78, 5) is 13.7. The molecule has 0 unspecified atom stereocenters. The molecule has 1 aliphatic heterocycles. The second kappa shape index (κ2) is 11.4. The summed E-state index contributed by atoms with van der Waals surface area (Å²) in [7, 11) is 0. The molecule has 4 rings (SSSR count). The Bertz CT molecular complexity index is 1110. The maximum atomic E-state index is 13.7. The normalized spacial score (nSPS) is 24.2. The van der Waals surface area contributed by atoms with Gasteiger partial charge in [0.25, 0.3) is 0 Å². The van der Waals surface area contributed by atoms with Crippen LogP contribution >= 0.6 is 0 Å². The van der Waals surface area contributed by atoms with Crippen LogP contribution in [-0.2, 0) is 21.9 Å². The summed E-state index contributed by atoms with van der Waals surface area (Å²) < 4.78 is 100. The first-order valence-corrected chi connectivity index (χ1v) is 12.9. The maximum Gasteiger partial charge on any atom is 0.416 e. The average molecular weight is 561 g/mol. The van der Waals surface area contributed by atoms with E-state index in [1.807, 2.05) is 0 Å². The fraction of sp³-hybridized carbons (Fsp3) is 0.536. The minimum atomic E-state index is -4.95. The molecular formula is C28H31F7N2O2. The zero-order valence-electron chi connectivity index (χ0n) is 21.4. The van der Waals surface area contributed by atoms with Crippen molar-refractivity contribution in [3.8, 4) is 0 Å². The number of carbonyl (C=O) groups excluding carboxylic acids is 1. The molecule has 214 valence electrons. The van der Waals surface area contributed by atoms with E-state index in [-0.39, 0.29) is 35.3 Å². The number of nitrogens with zero attached hydrogens (tertiary/aromatic N) is 1. The molecule has 4 nitrogen and oxygen atoms in total. The molecule has 0 bridgehead atoms. The third-order valence-corrected chi connectivity index (χ3v) is 7.93. The van der Waals surface area contributed by atoms with E-state index in [4.69, 9.17) is 10.5 Å². The maximum absolute atomic E-state index is 13.7. The summed E-state index contributed by atoms with van der Waals surface area (Å²) in [6.45, 7) is 3.49. The number of carbonyl (C=O) groups is 1. The first-order valence-electron chi connectivity index (χ1n) is 12.9. The van der Waals surface area contributed by atoms with Gasteiger partial charge in [-0.05, 0) is 93.1 Å². The second-order valence-electron chi connectivity index (χ2n) is 10.5. The van der Waals surface area contributed by atoms with Crippen molar-refractivity contribution in [1.29, 1.82) is 0 Å². The number of benzene rings is 2. The van der Waals surface area contributed by atoms with Crippen LogP contribution in [0.5, 0.6) is 0 Å². The van der Waals surface area contributed by atoms with Crippen molar-refractivity contribution < 1.29 is 40.3 Å². The Labute approximate surface area is 222 Å². The fourth-order valence-corrected chi connectivity index (χ4v) is 5.86. The Morgan fingerprint density at radius 2 is 1.51 bits per heavy atom. The molecule has 2 aromatic carbocycles. The van der Waals surface area contributed by atoms with E-state index in [2.05, 4.69) is 4.90 Å². The smallest absolute Gasteiger partial charge is 0.370 e. The van der Waals surface area contributed by atoms with Crippen LogP contribution in [0, 0.1) is 17.7 Å². The monoisotopic (exact) mass is 560 g/mol. The summed E-state index contributed by atoms with van der Waals surface area (Å²) in [5.74, 6) is -1.08. The molecule has 1 aliphatic carbocycles. The van der Waals surface area contributed by atoms with Crippen LogP contribution in [0.4, 0.5) is 30.7 Å². The average Bonchev–Trinajstić information content (AvgIpc) is 3.25. The number of halogens is 7. The zero-order valence-corrected chi connectivity index (χ0v) is 21.4. The van der Waals surface area contributed by atoms with Crippen LogP contribution in [0.3, 0.4) is 0 Å². The van der Waals surface area contributed by atoms with Crippen LogP contribution in [0.2, 0.25) is 0 Å². The minimum Gasteiger partial charge on any atom is -0.370 e. The third-order valence-electron chi connectivity index (χ3n) is 7.93. The molecule has 11 heteroatoms. The topological polar surface area (TPSA) is 55.6 Å². The van der Waals surface area contributed by atoms with E-state index in [1.54, 1.807) is 12.1 Å². The summed E-state index contributed by atoms with van der Waals surface area (Å²) in [6.07, 6.45) is -8.89. The van der Waals surface area contributed by atoms with Gasteiger partial charge in [0, 0.05) is 18.4 Å². The minimum absolute atomic E-state index is 0.0602. The summed E-state index contributed by atoms with van der Waals surface area (Å²) in [5, 5.41) is 0. The van der Waals surface area contributed by atoms with Crippen LogP contribution in [-0.4, -0.2) is 36.5 Å². The molecule has 1 amide bonds. The first-order chi connectivity index (χ1) is 18.2. The number of hydrogen-bond acceptors (Lipinski definition) is 3. The van der Waals surface area contributed by atoms with Crippen molar-refractivity contribution >= 4 is 5.91 Å². The first kappa shape index (κ1) is 29.3. The molecule has 2 fully saturated rings. The molecule has 0 aromatic heterocycles. The SMILES string of the molecule is C[C@@H](O[C@H]1CC[C@@H](CN2CCC(C(N)=O)CC2)[C@@H]1c1ccc(F)cc1)c1cc(C(F)(F)F)cc(C(F)(F)F)c1.